The van der Waals surface area contributed by atoms with Crippen LogP contribution in [-0.4, -0.2) is 42.6 Å². The third-order valence-corrected chi connectivity index (χ3v) is 3.56. The van der Waals surface area contributed by atoms with Crippen LogP contribution >= 0.6 is 11.6 Å². The van der Waals surface area contributed by atoms with Gasteiger partial charge in [-0.05, 0) is 38.1 Å². The fourth-order valence-corrected chi connectivity index (χ4v) is 2.60. The summed E-state index contributed by atoms with van der Waals surface area (Å²) >= 11 is 5.80. The zero-order chi connectivity index (χ0) is 14.5. The molecular weight excluding hydrogens is 276 g/mol. The molecule has 5 heteroatoms. The van der Waals surface area contributed by atoms with Crippen LogP contribution in [0.3, 0.4) is 0 Å². The summed E-state index contributed by atoms with van der Waals surface area (Å²) in [5.74, 6) is 0.892. The van der Waals surface area contributed by atoms with Gasteiger partial charge in [-0.3, -0.25) is 4.79 Å². The number of nitrogens with zero attached hydrogens (tertiary/aromatic N) is 1. The van der Waals surface area contributed by atoms with E-state index in [-0.39, 0.29) is 5.91 Å². The number of hydrogen-bond donors (Lipinski definition) is 1. The first-order chi connectivity index (χ1) is 9.54. The van der Waals surface area contributed by atoms with Crippen LogP contribution in [0.2, 0.25) is 5.02 Å². The predicted molar refractivity (Wildman–Crippen MR) is 80.2 cm³/mol. The second-order valence-corrected chi connectivity index (χ2v) is 5.76. The first-order valence-electron chi connectivity index (χ1n) is 6.97. The topological polar surface area (TPSA) is 41.6 Å². The molecule has 1 saturated heterocycles. The van der Waals surface area contributed by atoms with E-state index >= 15 is 0 Å². The molecule has 2 atom stereocenters. The van der Waals surface area contributed by atoms with Crippen molar-refractivity contribution in [3.05, 3.63) is 29.3 Å². The van der Waals surface area contributed by atoms with Crippen LogP contribution in [0.5, 0.6) is 5.75 Å². The second-order valence-electron chi connectivity index (χ2n) is 5.32. The highest BCUT2D eigenvalue weighted by Gasteiger charge is 2.24. The van der Waals surface area contributed by atoms with Gasteiger partial charge in [-0.15, -0.1) is 0 Å². The number of ether oxygens (including phenoxy) is 1. The van der Waals surface area contributed by atoms with Crippen molar-refractivity contribution in [3.63, 3.8) is 0 Å². The van der Waals surface area contributed by atoms with Gasteiger partial charge in [0.25, 0.3) is 0 Å². The highest BCUT2D eigenvalue weighted by Crippen LogP contribution is 2.15. The van der Waals surface area contributed by atoms with Crippen molar-refractivity contribution >= 4 is 17.5 Å². The van der Waals surface area contributed by atoms with Crippen molar-refractivity contribution in [2.24, 2.45) is 0 Å². The molecule has 0 bridgehead atoms. The summed E-state index contributed by atoms with van der Waals surface area (Å²) in [5.41, 5.74) is 0. The lowest BCUT2D eigenvalue weighted by Crippen LogP contribution is -2.56. The van der Waals surface area contributed by atoms with Crippen LogP contribution in [0.25, 0.3) is 0 Å². The maximum atomic E-state index is 12.1. The molecule has 110 valence electrons. The normalized spacial score (nSPS) is 22.6. The molecule has 2 rings (SSSR count). The number of piperazine rings is 1. The minimum Gasteiger partial charge on any atom is -0.493 e. The zero-order valence-corrected chi connectivity index (χ0v) is 12.7. The zero-order valence-electron chi connectivity index (χ0n) is 11.9. The number of hydrogen-bond acceptors (Lipinski definition) is 3. The molecule has 1 N–H and O–H groups in total. The van der Waals surface area contributed by atoms with E-state index in [2.05, 4.69) is 19.2 Å². The average molecular weight is 297 g/mol. The number of nitrogens with one attached hydrogen (secondary N) is 1. The van der Waals surface area contributed by atoms with E-state index < -0.39 is 0 Å². The molecule has 1 aromatic carbocycles. The van der Waals surface area contributed by atoms with Gasteiger partial charge in [0.1, 0.15) is 5.75 Å². The Morgan fingerprint density at radius 2 is 1.90 bits per heavy atom. The minimum absolute atomic E-state index is 0.152. The monoisotopic (exact) mass is 296 g/mol. The Hall–Kier alpha value is -1.26. The molecule has 0 saturated carbocycles. The van der Waals surface area contributed by atoms with Crippen molar-refractivity contribution in [3.8, 4) is 5.75 Å². The van der Waals surface area contributed by atoms with Crippen molar-refractivity contribution in [2.45, 2.75) is 32.4 Å². The van der Waals surface area contributed by atoms with E-state index in [1.165, 1.54) is 0 Å². The van der Waals surface area contributed by atoms with Crippen LogP contribution in [0.15, 0.2) is 24.3 Å². The van der Waals surface area contributed by atoms with Gasteiger partial charge in [0.2, 0.25) is 5.91 Å². The van der Waals surface area contributed by atoms with Gasteiger partial charge >= 0.3 is 0 Å². The molecule has 20 heavy (non-hydrogen) atoms. The Bertz CT molecular complexity index is 440. The van der Waals surface area contributed by atoms with E-state index in [0.29, 0.717) is 30.1 Å². The van der Waals surface area contributed by atoms with Crippen molar-refractivity contribution in [2.75, 3.05) is 19.7 Å². The first kappa shape index (κ1) is 15.1. The Labute approximate surface area is 125 Å². The number of benzene rings is 1. The molecule has 0 aliphatic carbocycles. The summed E-state index contributed by atoms with van der Waals surface area (Å²) < 4.78 is 5.55. The highest BCUT2D eigenvalue weighted by atomic mass is 35.5. The summed E-state index contributed by atoms with van der Waals surface area (Å²) in [6.07, 6.45) is 0.405. The van der Waals surface area contributed by atoms with Gasteiger partial charge in [-0.1, -0.05) is 11.6 Å². The molecule has 1 aromatic rings. The molecule has 1 heterocycles. The van der Waals surface area contributed by atoms with Crippen molar-refractivity contribution < 1.29 is 9.53 Å². The first-order valence-corrected chi connectivity index (χ1v) is 7.34. The number of halogens is 1. The van der Waals surface area contributed by atoms with E-state index in [9.17, 15) is 4.79 Å². The molecule has 0 unspecified atom stereocenters. The molecule has 1 aliphatic heterocycles. The largest absolute Gasteiger partial charge is 0.493 e. The quantitative estimate of drug-likeness (QED) is 0.927. The van der Waals surface area contributed by atoms with E-state index in [0.717, 1.165) is 18.8 Å². The molecular formula is C15H21ClN2O2. The number of carbonyl (C=O) groups is 1. The van der Waals surface area contributed by atoms with Crippen LogP contribution in [0, 0.1) is 0 Å². The molecule has 0 radical (unpaired) electrons. The van der Waals surface area contributed by atoms with Crippen molar-refractivity contribution in [1.82, 2.24) is 10.2 Å². The summed E-state index contributed by atoms with van der Waals surface area (Å²) in [6.45, 7) is 6.13. The highest BCUT2D eigenvalue weighted by molar-refractivity contribution is 6.30. The van der Waals surface area contributed by atoms with E-state index in [1.807, 2.05) is 17.0 Å². The van der Waals surface area contributed by atoms with Gasteiger partial charge in [0.15, 0.2) is 0 Å². The van der Waals surface area contributed by atoms with Gasteiger partial charge < -0.3 is 15.0 Å². The van der Waals surface area contributed by atoms with Crippen LogP contribution in [0.1, 0.15) is 20.3 Å². The molecule has 0 spiro atoms. The number of amides is 1. The SMILES string of the molecule is C[C@@H]1CN(C(=O)CCOc2ccc(Cl)cc2)C[C@H](C)N1. The Morgan fingerprint density at radius 1 is 1.30 bits per heavy atom. The summed E-state index contributed by atoms with van der Waals surface area (Å²) in [4.78, 5) is 14.0. The fraction of sp³-hybridized carbons (Fsp3) is 0.533. The lowest BCUT2D eigenvalue weighted by atomic mass is 10.1. The third-order valence-electron chi connectivity index (χ3n) is 3.31. The van der Waals surface area contributed by atoms with Crippen LogP contribution in [0.4, 0.5) is 0 Å². The Morgan fingerprint density at radius 3 is 2.50 bits per heavy atom. The fourth-order valence-electron chi connectivity index (χ4n) is 2.48. The molecule has 0 aromatic heterocycles. The van der Waals surface area contributed by atoms with Crippen molar-refractivity contribution in [1.29, 1.82) is 0 Å². The maximum absolute atomic E-state index is 12.1. The Kier molecular flexibility index (Phi) is 5.26. The summed E-state index contributed by atoms with van der Waals surface area (Å²) in [7, 11) is 0. The van der Waals surface area contributed by atoms with Crippen LogP contribution < -0.4 is 10.1 Å². The smallest absolute Gasteiger partial charge is 0.226 e. The number of carbonyl (C=O) groups excluding carboxylic acids is 1. The molecule has 4 nitrogen and oxygen atoms in total. The maximum Gasteiger partial charge on any atom is 0.226 e. The summed E-state index contributed by atoms with van der Waals surface area (Å²) in [6, 6.07) is 7.86. The second kappa shape index (κ2) is 6.95. The predicted octanol–water partition coefficient (Wildman–Crippen LogP) is 2.32. The minimum atomic E-state index is 0.152. The molecule has 1 aliphatic rings. The van der Waals surface area contributed by atoms with Gasteiger partial charge in [-0.25, -0.2) is 0 Å². The standard InChI is InChI=1S/C15H21ClN2O2/c1-11-9-18(10-12(2)17-11)15(19)7-8-20-14-5-3-13(16)4-6-14/h3-6,11-12,17H,7-10H2,1-2H3/t11-,12+. The van der Waals surface area contributed by atoms with Gasteiger partial charge in [0.05, 0.1) is 13.0 Å². The van der Waals surface area contributed by atoms with Gasteiger partial charge in [-0.2, -0.15) is 0 Å². The third kappa shape index (κ3) is 4.39. The van der Waals surface area contributed by atoms with E-state index in [1.54, 1.807) is 12.1 Å². The number of rotatable bonds is 4. The lowest BCUT2D eigenvalue weighted by Gasteiger charge is -2.36. The molecule has 1 amide bonds. The van der Waals surface area contributed by atoms with Gasteiger partial charge in [0, 0.05) is 30.2 Å². The molecule has 1 fully saturated rings. The lowest BCUT2D eigenvalue weighted by molar-refractivity contribution is -0.133. The van der Waals surface area contributed by atoms with Crippen LogP contribution in [-0.2, 0) is 4.79 Å². The average Bonchev–Trinajstić information content (AvgIpc) is 2.40. The summed E-state index contributed by atoms with van der Waals surface area (Å²) in [5, 5.41) is 4.09. The van der Waals surface area contributed by atoms with E-state index in [4.69, 9.17) is 16.3 Å². The Balaban J connectivity index is 1.76.